The van der Waals surface area contributed by atoms with Crippen LogP contribution in [0.5, 0.6) is 0 Å². The van der Waals surface area contributed by atoms with E-state index in [0.29, 0.717) is 24.9 Å². The Bertz CT molecular complexity index is 980. The van der Waals surface area contributed by atoms with Gasteiger partial charge < -0.3 is 24.8 Å². The zero-order valence-electron chi connectivity index (χ0n) is 20.0. The van der Waals surface area contributed by atoms with Gasteiger partial charge in [-0.25, -0.2) is 0 Å². The van der Waals surface area contributed by atoms with Gasteiger partial charge in [0.25, 0.3) is 0 Å². The number of likely N-dealkylation sites (tertiary alicyclic amines) is 1. The molecule has 2 N–H and O–H groups in total. The fourth-order valence-corrected chi connectivity index (χ4v) is 6.18. The minimum atomic E-state index is -1.13. The summed E-state index contributed by atoms with van der Waals surface area (Å²) in [5.74, 6) is -2.72. The number of benzene rings is 1. The maximum absolute atomic E-state index is 13.8. The molecule has 180 valence electrons. The highest BCUT2D eigenvalue weighted by atomic mass is 16.6. The van der Waals surface area contributed by atoms with Crippen LogP contribution in [0.3, 0.4) is 0 Å². The minimum Gasteiger partial charge on any atom is -0.466 e. The van der Waals surface area contributed by atoms with Crippen LogP contribution in [-0.4, -0.2) is 64.3 Å². The third kappa shape index (κ3) is 3.37. The Morgan fingerprint density at radius 1 is 1.30 bits per heavy atom. The number of esters is 1. The van der Waals surface area contributed by atoms with Gasteiger partial charge in [0.2, 0.25) is 11.8 Å². The SMILES string of the molecule is CCOC(=O)[C@H]1[C@H]2C(=O)N([C@H](C)CO)C(C(=O)Nc3cc(C)ccc3C)C23CC[C@]1(CC)O3. The van der Waals surface area contributed by atoms with Crippen molar-refractivity contribution in [2.24, 2.45) is 11.8 Å². The van der Waals surface area contributed by atoms with Gasteiger partial charge in [0, 0.05) is 5.69 Å². The first-order valence-corrected chi connectivity index (χ1v) is 11.8. The molecule has 2 unspecified atom stereocenters. The summed E-state index contributed by atoms with van der Waals surface area (Å²) in [6.07, 6.45) is 1.61. The molecule has 3 aliphatic rings. The lowest BCUT2D eigenvalue weighted by atomic mass is 9.65. The highest BCUT2D eigenvalue weighted by Crippen LogP contribution is 2.64. The molecule has 2 amide bonds. The number of hydrogen-bond donors (Lipinski definition) is 2. The topological polar surface area (TPSA) is 105 Å². The number of anilines is 1. The van der Waals surface area contributed by atoms with Crippen LogP contribution >= 0.6 is 0 Å². The van der Waals surface area contributed by atoms with Gasteiger partial charge in [0.1, 0.15) is 17.6 Å². The molecule has 0 aliphatic carbocycles. The zero-order chi connectivity index (χ0) is 24.1. The van der Waals surface area contributed by atoms with Crippen LogP contribution < -0.4 is 5.32 Å². The van der Waals surface area contributed by atoms with Gasteiger partial charge in [-0.15, -0.1) is 0 Å². The molecular formula is C25H34N2O6. The number of aliphatic hydroxyl groups excluding tert-OH is 1. The van der Waals surface area contributed by atoms with Crippen molar-refractivity contribution in [3.63, 3.8) is 0 Å². The molecule has 3 aliphatic heterocycles. The Kier molecular flexibility index (Phi) is 6.03. The molecule has 1 aromatic carbocycles. The summed E-state index contributed by atoms with van der Waals surface area (Å²) in [5, 5.41) is 12.9. The summed E-state index contributed by atoms with van der Waals surface area (Å²) in [4.78, 5) is 42.1. The van der Waals surface area contributed by atoms with Crippen LogP contribution in [0, 0.1) is 25.7 Å². The van der Waals surface area contributed by atoms with Gasteiger partial charge in [-0.3, -0.25) is 14.4 Å². The van der Waals surface area contributed by atoms with Crippen molar-refractivity contribution in [1.29, 1.82) is 0 Å². The first-order valence-electron chi connectivity index (χ1n) is 11.8. The molecule has 3 fully saturated rings. The molecule has 4 rings (SSSR count). The van der Waals surface area contributed by atoms with Crippen molar-refractivity contribution in [3.05, 3.63) is 29.3 Å². The Hall–Kier alpha value is -2.45. The molecule has 0 aromatic heterocycles. The molecule has 0 radical (unpaired) electrons. The van der Waals surface area contributed by atoms with Crippen molar-refractivity contribution in [2.75, 3.05) is 18.5 Å². The van der Waals surface area contributed by atoms with Gasteiger partial charge in [-0.2, -0.15) is 0 Å². The van der Waals surface area contributed by atoms with Gasteiger partial charge in [0.05, 0.1) is 30.8 Å². The molecule has 1 aromatic rings. The Labute approximate surface area is 194 Å². The van der Waals surface area contributed by atoms with E-state index in [-0.39, 0.29) is 25.0 Å². The monoisotopic (exact) mass is 458 g/mol. The number of fused-ring (bicyclic) bond motifs is 1. The average Bonchev–Trinajstić information content (AvgIpc) is 3.39. The predicted molar refractivity (Wildman–Crippen MR) is 121 cm³/mol. The van der Waals surface area contributed by atoms with E-state index in [2.05, 4.69) is 5.32 Å². The second-order valence-electron chi connectivity index (χ2n) is 9.67. The number of carbonyl (C=O) groups is 3. The normalized spacial score (nSPS) is 33.2. The standard InChI is InChI=1S/C25H34N2O6/c1-6-24-10-11-25(33-24)18(19(24)23(31)32-7-2)22(30)27(16(5)13-28)20(25)21(29)26-17-12-14(3)8-9-15(17)4/h8-9,12,16,18-20,28H,6-7,10-11,13H2,1-5H3,(H,26,29)/t16-,18+,19-,20?,24+,25?/m1/s1. The molecule has 3 saturated heterocycles. The number of aryl methyl sites for hydroxylation is 2. The van der Waals surface area contributed by atoms with Crippen LogP contribution in [0.15, 0.2) is 18.2 Å². The summed E-state index contributed by atoms with van der Waals surface area (Å²) >= 11 is 0. The van der Waals surface area contributed by atoms with Gasteiger partial charge in [-0.1, -0.05) is 19.1 Å². The lowest BCUT2D eigenvalue weighted by Gasteiger charge is -2.36. The summed E-state index contributed by atoms with van der Waals surface area (Å²) in [7, 11) is 0. The van der Waals surface area contributed by atoms with E-state index < -0.39 is 41.1 Å². The number of aliphatic hydroxyl groups is 1. The maximum Gasteiger partial charge on any atom is 0.312 e. The largest absolute Gasteiger partial charge is 0.466 e. The fraction of sp³-hybridized carbons (Fsp3) is 0.640. The fourth-order valence-electron chi connectivity index (χ4n) is 6.18. The molecule has 6 atom stereocenters. The molecule has 0 saturated carbocycles. The summed E-state index contributed by atoms with van der Waals surface area (Å²) in [6.45, 7) is 9.13. The van der Waals surface area contributed by atoms with E-state index in [1.165, 1.54) is 4.90 Å². The van der Waals surface area contributed by atoms with Crippen LogP contribution in [0.2, 0.25) is 0 Å². The first-order chi connectivity index (χ1) is 15.7. The summed E-state index contributed by atoms with van der Waals surface area (Å²) < 4.78 is 12.0. The zero-order valence-corrected chi connectivity index (χ0v) is 20.0. The quantitative estimate of drug-likeness (QED) is 0.608. The Morgan fingerprint density at radius 2 is 2.03 bits per heavy atom. The maximum atomic E-state index is 13.8. The van der Waals surface area contributed by atoms with Crippen molar-refractivity contribution in [3.8, 4) is 0 Å². The number of hydrogen-bond acceptors (Lipinski definition) is 6. The smallest absolute Gasteiger partial charge is 0.312 e. The molecule has 33 heavy (non-hydrogen) atoms. The van der Waals surface area contributed by atoms with Gasteiger partial charge in [-0.05, 0) is 64.2 Å². The van der Waals surface area contributed by atoms with Crippen LogP contribution in [0.1, 0.15) is 51.2 Å². The van der Waals surface area contributed by atoms with E-state index in [1.54, 1.807) is 13.8 Å². The van der Waals surface area contributed by atoms with Crippen molar-refractivity contribution >= 4 is 23.5 Å². The number of nitrogens with zero attached hydrogens (tertiary/aromatic N) is 1. The van der Waals surface area contributed by atoms with E-state index in [9.17, 15) is 19.5 Å². The predicted octanol–water partition coefficient (Wildman–Crippen LogP) is 2.34. The Morgan fingerprint density at radius 3 is 2.67 bits per heavy atom. The van der Waals surface area contributed by atoms with Gasteiger partial charge in [0.15, 0.2) is 0 Å². The number of rotatable bonds is 7. The highest BCUT2D eigenvalue weighted by Gasteiger charge is 2.79. The van der Waals surface area contributed by atoms with E-state index >= 15 is 0 Å². The molecule has 1 spiro atoms. The third-order valence-corrected chi connectivity index (χ3v) is 7.80. The number of amides is 2. The van der Waals surface area contributed by atoms with Crippen LogP contribution in [-0.2, 0) is 23.9 Å². The number of carbonyl (C=O) groups excluding carboxylic acids is 3. The molecule has 3 heterocycles. The lowest BCUT2D eigenvalue weighted by Crippen LogP contribution is -2.56. The Balaban J connectivity index is 1.79. The molecular weight excluding hydrogens is 424 g/mol. The third-order valence-electron chi connectivity index (χ3n) is 7.80. The molecule has 8 heteroatoms. The minimum absolute atomic E-state index is 0.205. The van der Waals surface area contributed by atoms with E-state index in [1.807, 2.05) is 39.0 Å². The number of nitrogens with one attached hydrogen (secondary N) is 1. The molecule has 8 nitrogen and oxygen atoms in total. The van der Waals surface area contributed by atoms with Crippen LogP contribution in [0.25, 0.3) is 0 Å². The second-order valence-corrected chi connectivity index (χ2v) is 9.67. The van der Waals surface area contributed by atoms with E-state index in [0.717, 1.165) is 11.1 Å². The van der Waals surface area contributed by atoms with Crippen molar-refractivity contribution in [1.82, 2.24) is 4.90 Å². The van der Waals surface area contributed by atoms with E-state index in [4.69, 9.17) is 9.47 Å². The second kappa shape index (κ2) is 8.40. The lowest BCUT2D eigenvalue weighted by molar-refractivity contribution is -0.161. The van der Waals surface area contributed by atoms with Crippen molar-refractivity contribution < 1.29 is 29.0 Å². The average molecular weight is 459 g/mol. The highest BCUT2D eigenvalue weighted by molar-refractivity contribution is 6.03. The summed E-state index contributed by atoms with van der Waals surface area (Å²) in [6, 6.07) is 4.23. The first kappa shape index (κ1) is 23.7. The number of ether oxygens (including phenoxy) is 2. The van der Waals surface area contributed by atoms with Gasteiger partial charge >= 0.3 is 5.97 Å². The van der Waals surface area contributed by atoms with Crippen LogP contribution in [0.4, 0.5) is 5.69 Å². The summed E-state index contributed by atoms with van der Waals surface area (Å²) in [5.41, 5.74) is 0.624. The van der Waals surface area contributed by atoms with Crippen molar-refractivity contribution in [2.45, 2.75) is 77.2 Å². The molecule has 2 bridgehead atoms.